The van der Waals surface area contributed by atoms with Crippen LogP contribution in [0, 0.1) is 0 Å². The van der Waals surface area contributed by atoms with Crippen LogP contribution in [-0.2, 0) is 0 Å². The predicted octanol–water partition coefficient (Wildman–Crippen LogP) is 3.76. The van der Waals surface area contributed by atoms with Crippen molar-refractivity contribution in [3.63, 3.8) is 0 Å². The van der Waals surface area contributed by atoms with E-state index in [0.717, 1.165) is 6.42 Å². The molecule has 0 saturated heterocycles. The summed E-state index contributed by atoms with van der Waals surface area (Å²) >= 11 is 5.80. The normalized spacial score (nSPS) is 12.2. The lowest BCUT2D eigenvalue weighted by atomic mass is 10.2. The van der Waals surface area contributed by atoms with Gasteiger partial charge in [0.05, 0.1) is 12.2 Å². The van der Waals surface area contributed by atoms with Gasteiger partial charge >= 0.3 is 0 Å². The first-order valence-electron chi connectivity index (χ1n) is 6.22. The Morgan fingerprint density at radius 3 is 2.68 bits per heavy atom. The van der Waals surface area contributed by atoms with Crippen molar-refractivity contribution < 1.29 is 4.79 Å². The molecule has 0 spiro atoms. The highest BCUT2D eigenvalue weighted by Gasteiger charge is 2.12. The van der Waals surface area contributed by atoms with Gasteiger partial charge in [-0.15, -0.1) is 0 Å². The highest BCUT2D eigenvalue weighted by Crippen LogP contribution is 2.17. The minimum absolute atomic E-state index is 0.165. The molecule has 1 heterocycles. The van der Waals surface area contributed by atoms with Gasteiger partial charge in [-0.05, 0) is 37.6 Å². The van der Waals surface area contributed by atoms with Gasteiger partial charge in [0.2, 0.25) is 0 Å². The summed E-state index contributed by atoms with van der Waals surface area (Å²) in [4.78, 5) is 12.1. The van der Waals surface area contributed by atoms with E-state index in [2.05, 4.69) is 24.3 Å². The SMILES string of the molecule is CC[C@H](C)n1nccc1NC(=O)c1ccc(Cl)cc1. The average Bonchev–Trinajstić information content (AvgIpc) is 2.86. The summed E-state index contributed by atoms with van der Waals surface area (Å²) in [6.07, 6.45) is 2.63. The largest absolute Gasteiger partial charge is 0.307 e. The summed E-state index contributed by atoms with van der Waals surface area (Å²) in [7, 11) is 0. The number of nitrogens with one attached hydrogen (secondary N) is 1. The number of carbonyl (C=O) groups is 1. The Labute approximate surface area is 117 Å². The fraction of sp³-hybridized carbons (Fsp3) is 0.286. The molecule has 1 aromatic heterocycles. The second-order valence-electron chi connectivity index (χ2n) is 4.38. The molecule has 2 aromatic rings. The molecule has 1 atom stereocenters. The quantitative estimate of drug-likeness (QED) is 0.925. The van der Waals surface area contributed by atoms with E-state index in [9.17, 15) is 4.79 Å². The van der Waals surface area contributed by atoms with Gasteiger partial charge in [0, 0.05) is 16.7 Å². The van der Waals surface area contributed by atoms with E-state index >= 15 is 0 Å². The van der Waals surface area contributed by atoms with Gasteiger partial charge in [-0.1, -0.05) is 18.5 Å². The molecule has 1 aromatic carbocycles. The standard InChI is InChI=1S/C14H16ClN3O/c1-3-10(2)18-13(8-9-16-18)17-14(19)11-4-6-12(15)7-5-11/h4-10H,3H2,1-2H3,(H,17,19)/t10-/m0/s1. The molecule has 5 heteroatoms. The summed E-state index contributed by atoms with van der Waals surface area (Å²) in [6, 6.07) is 8.82. The summed E-state index contributed by atoms with van der Waals surface area (Å²) in [6.45, 7) is 4.14. The molecular weight excluding hydrogens is 262 g/mol. The minimum Gasteiger partial charge on any atom is -0.307 e. The Hall–Kier alpha value is -1.81. The van der Waals surface area contributed by atoms with Crippen LogP contribution in [0.5, 0.6) is 0 Å². The molecule has 0 aliphatic heterocycles. The third-order valence-corrected chi connectivity index (χ3v) is 3.28. The van der Waals surface area contributed by atoms with Crippen molar-refractivity contribution in [2.45, 2.75) is 26.3 Å². The lowest BCUT2D eigenvalue weighted by Crippen LogP contribution is -2.17. The van der Waals surface area contributed by atoms with E-state index in [-0.39, 0.29) is 11.9 Å². The lowest BCUT2D eigenvalue weighted by Gasteiger charge is -2.14. The van der Waals surface area contributed by atoms with Crippen LogP contribution in [-0.4, -0.2) is 15.7 Å². The molecule has 0 unspecified atom stereocenters. The maximum Gasteiger partial charge on any atom is 0.256 e. The summed E-state index contributed by atoms with van der Waals surface area (Å²) in [5, 5.41) is 7.70. The summed E-state index contributed by atoms with van der Waals surface area (Å²) in [5.74, 6) is 0.538. The number of carbonyl (C=O) groups excluding carboxylic acids is 1. The van der Waals surface area contributed by atoms with E-state index in [1.54, 1.807) is 36.5 Å². The first kappa shape index (κ1) is 13.6. The molecule has 1 amide bonds. The number of hydrogen-bond acceptors (Lipinski definition) is 2. The van der Waals surface area contributed by atoms with E-state index in [1.807, 2.05) is 4.68 Å². The molecule has 0 saturated carbocycles. The Balaban J connectivity index is 2.15. The van der Waals surface area contributed by atoms with Crippen LogP contribution in [0.1, 0.15) is 36.7 Å². The number of nitrogens with zero attached hydrogens (tertiary/aromatic N) is 2. The molecular formula is C14H16ClN3O. The molecule has 0 bridgehead atoms. The Morgan fingerprint density at radius 2 is 2.05 bits per heavy atom. The van der Waals surface area contributed by atoms with Crippen molar-refractivity contribution in [1.29, 1.82) is 0 Å². The van der Waals surface area contributed by atoms with Gasteiger partial charge in [0.1, 0.15) is 5.82 Å². The molecule has 0 fully saturated rings. The van der Waals surface area contributed by atoms with Crippen molar-refractivity contribution in [3.05, 3.63) is 47.1 Å². The molecule has 2 rings (SSSR count). The monoisotopic (exact) mass is 277 g/mol. The zero-order chi connectivity index (χ0) is 13.8. The average molecular weight is 278 g/mol. The smallest absolute Gasteiger partial charge is 0.256 e. The Bertz CT molecular complexity index is 562. The highest BCUT2D eigenvalue weighted by molar-refractivity contribution is 6.30. The number of aromatic nitrogens is 2. The van der Waals surface area contributed by atoms with Crippen LogP contribution in [0.25, 0.3) is 0 Å². The fourth-order valence-corrected chi connectivity index (χ4v) is 1.85. The van der Waals surface area contributed by atoms with Gasteiger partial charge in [-0.3, -0.25) is 4.79 Å². The number of halogens is 1. The Morgan fingerprint density at radius 1 is 1.37 bits per heavy atom. The van der Waals surface area contributed by atoms with Crippen LogP contribution >= 0.6 is 11.6 Å². The zero-order valence-electron chi connectivity index (χ0n) is 10.9. The molecule has 0 aliphatic rings. The van der Waals surface area contributed by atoms with E-state index in [4.69, 9.17) is 11.6 Å². The van der Waals surface area contributed by atoms with E-state index in [0.29, 0.717) is 16.4 Å². The third-order valence-electron chi connectivity index (χ3n) is 3.03. The topological polar surface area (TPSA) is 46.9 Å². The van der Waals surface area contributed by atoms with Gasteiger partial charge in [-0.25, -0.2) is 4.68 Å². The van der Waals surface area contributed by atoms with Crippen LogP contribution < -0.4 is 5.32 Å². The van der Waals surface area contributed by atoms with Crippen LogP contribution in [0.2, 0.25) is 5.02 Å². The molecule has 0 radical (unpaired) electrons. The number of benzene rings is 1. The summed E-state index contributed by atoms with van der Waals surface area (Å²) in [5.41, 5.74) is 0.571. The van der Waals surface area contributed by atoms with Crippen molar-refractivity contribution >= 4 is 23.3 Å². The number of rotatable bonds is 4. The second kappa shape index (κ2) is 5.89. The first-order valence-corrected chi connectivity index (χ1v) is 6.60. The van der Waals surface area contributed by atoms with Crippen LogP contribution in [0.4, 0.5) is 5.82 Å². The highest BCUT2D eigenvalue weighted by atomic mass is 35.5. The lowest BCUT2D eigenvalue weighted by molar-refractivity contribution is 0.102. The number of amides is 1. The van der Waals surface area contributed by atoms with Gasteiger partial charge in [-0.2, -0.15) is 5.10 Å². The maximum absolute atomic E-state index is 12.1. The predicted molar refractivity (Wildman–Crippen MR) is 76.6 cm³/mol. The van der Waals surface area contributed by atoms with Gasteiger partial charge < -0.3 is 5.32 Å². The maximum atomic E-state index is 12.1. The van der Waals surface area contributed by atoms with Gasteiger partial charge in [0.25, 0.3) is 5.91 Å². The molecule has 1 N–H and O–H groups in total. The second-order valence-corrected chi connectivity index (χ2v) is 4.82. The summed E-state index contributed by atoms with van der Waals surface area (Å²) < 4.78 is 1.81. The fourth-order valence-electron chi connectivity index (χ4n) is 1.73. The number of anilines is 1. The molecule has 0 aliphatic carbocycles. The van der Waals surface area contributed by atoms with Gasteiger partial charge in [0.15, 0.2) is 0 Å². The van der Waals surface area contributed by atoms with Crippen molar-refractivity contribution in [1.82, 2.24) is 9.78 Å². The van der Waals surface area contributed by atoms with Crippen molar-refractivity contribution in [2.24, 2.45) is 0 Å². The van der Waals surface area contributed by atoms with Crippen molar-refractivity contribution in [2.75, 3.05) is 5.32 Å². The molecule has 4 nitrogen and oxygen atoms in total. The number of hydrogen-bond donors (Lipinski definition) is 1. The molecule has 19 heavy (non-hydrogen) atoms. The Kier molecular flexibility index (Phi) is 4.22. The van der Waals surface area contributed by atoms with Crippen LogP contribution in [0.3, 0.4) is 0 Å². The van der Waals surface area contributed by atoms with Crippen molar-refractivity contribution in [3.8, 4) is 0 Å². The molecule has 100 valence electrons. The zero-order valence-corrected chi connectivity index (χ0v) is 11.7. The van der Waals surface area contributed by atoms with E-state index < -0.39 is 0 Å². The first-order chi connectivity index (χ1) is 9.11. The third kappa shape index (κ3) is 3.15. The minimum atomic E-state index is -0.165. The van der Waals surface area contributed by atoms with E-state index in [1.165, 1.54) is 0 Å². The van der Waals surface area contributed by atoms with Crippen LogP contribution in [0.15, 0.2) is 36.5 Å².